The molecule has 0 unspecified atom stereocenters. The minimum Gasteiger partial charge on any atom is -0.369 e. The van der Waals surface area contributed by atoms with Gasteiger partial charge in [-0.05, 0) is 38.5 Å². The van der Waals surface area contributed by atoms with E-state index >= 15 is 0 Å². The molecule has 0 bridgehead atoms. The van der Waals surface area contributed by atoms with Crippen LogP contribution >= 0.6 is 0 Å². The number of nitrogens with one attached hydrogen (secondary N) is 1. The lowest BCUT2D eigenvalue weighted by Crippen LogP contribution is -2.49. The Kier molecular flexibility index (Phi) is 5.79. The fraction of sp³-hybridized carbons (Fsp3) is 0.857. The van der Waals surface area contributed by atoms with E-state index in [1.165, 1.54) is 0 Å². The van der Waals surface area contributed by atoms with E-state index in [0.29, 0.717) is 6.54 Å². The monoisotopic (exact) mass is 269 g/mol. The van der Waals surface area contributed by atoms with Gasteiger partial charge in [-0.3, -0.25) is 9.59 Å². The first-order valence-corrected chi connectivity index (χ1v) is 7.29. The molecule has 2 amide bonds. The van der Waals surface area contributed by atoms with Crippen molar-refractivity contribution in [1.29, 1.82) is 0 Å². The zero-order valence-corrected chi connectivity index (χ0v) is 12.1. The summed E-state index contributed by atoms with van der Waals surface area (Å²) in [5, 5.41) is 3.10. The van der Waals surface area contributed by atoms with Crippen molar-refractivity contribution in [3.63, 3.8) is 0 Å². The van der Waals surface area contributed by atoms with E-state index in [2.05, 4.69) is 5.32 Å². The van der Waals surface area contributed by atoms with Crippen LogP contribution < -0.4 is 16.8 Å². The lowest BCUT2D eigenvalue weighted by Gasteiger charge is -2.33. The summed E-state index contributed by atoms with van der Waals surface area (Å²) < 4.78 is 0. The number of amides is 2. The Morgan fingerprint density at radius 2 is 1.68 bits per heavy atom. The molecular formula is C14H27N3O2. The highest BCUT2D eigenvalue weighted by molar-refractivity contribution is 5.83. The van der Waals surface area contributed by atoms with Crippen LogP contribution in [0.3, 0.4) is 0 Å². The van der Waals surface area contributed by atoms with Crippen molar-refractivity contribution in [1.82, 2.24) is 5.32 Å². The summed E-state index contributed by atoms with van der Waals surface area (Å²) in [4.78, 5) is 23.5. The Labute approximate surface area is 115 Å². The molecule has 5 nitrogen and oxygen atoms in total. The SMILES string of the molecule is CCC(CC)(CN)C(=O)NC1CCC(C(N)=O)CC1. The fourth-order valence-electron chi connectivity index (χ4n) is 2.81. The minimum absolute atomic E-state index is 0.0234. The zero-order chi connectivity index (χ0) is 14.5. The highest BCUT2D eigenvalue weighted by Gasteiger charge is 2.35. The molecule has 0 atom stereocenters. The van der Waals surface area contributed by atoms with E-state index in [9.17, 15) is 9.59 Å². The fourth-order valence-corrected chi connectivity index (χ4v) is 2.81. The van der Waals surface area contributed by atoms with Crippen molar-refractivity contribution < 1.29 is 9.59 Å². The van der Waals surface area contributed by atoms with E-state index in [0.717, 1.165) is 38.5 Å². The maximum Gasteiger partial charge on any atom is 0.227 e. The van der Waals surface area contributed by atoms with Gasteiger partial charge in [0.05, 0.1) is 5.41 Å². The highest BCUT2D eigenvalue weighted by Crippen LogP contribution is 2.28. The summed E-state index contributed by atoms with van der Waals surface area (Å²) in [6, 6.07) is 0.159. The lowest BCUT2D eigenvalue weighted by molar-refractivity contribution is -0.132. The molecule has 1 aliphatic rings. The number of hydrogen-bond acceptors (Lipinski definition) is 3. The molecule has 1 rings (SSSR count). The van der Waals surface area contributed by atoms with Crippen molar-refractivity contribution in [2.45, 2.75) is 58.4 Å². The Morgan fingerprint density at radius 1 is 1.16 bits per heavy atom. The molecule has 0 aromatic heterocycles. The lowest BCUT2D eigenvalue weighted by atomic mass is 9.80. The molecule has 1 saturated carbocycles. The Hall–Kier alpha value is -1.10. The van der Waals surface area contributed by atoms with Crippen molar-refractivity contribution in [2.24, 2.45) is 22.8 Å². The van der Waals surface area contributed by atoms with Gasteiger partial charge >= 0.3 is 0 Å². The Morgan fingerprint density at radius 3 is 2.05 bits per heavy atom. The number of hydrogen-bond donors (Lipinski definition) is 3. The normalized spacial score (nSPS) is 23.9. The average Bonchev–Trinajstić information content (AvgIpc) is 2.42. The number of carbonyl (C=O) groups excluding carboxylic acids is 2. The van der Waals surface area contributed by atoms with Crippen LogP contribution in [0.5, 0.6) is 0 Å². The van der Waals surface area contributed by atoms with Gasteiger partial charge in [0, 0.05) is 18.5 Å². The molecule has 1 aliphatic carbocycles. The molecule has 0 radical (unpaired) electrons. The molecule has 0 aromatic carbocycles. The first-order chi connectivity index (χ1) is 8.99. The van der Waals surface area contributed by atoms with Crippen molar-refractivity contribution in [2.75, 3.05) is 6.54 Å². The van der Waals surface area contributed by atoms with E-state index in [1.807, 2.05) is 13.8 Å². The second-order valence-corrected chi connectivity index (χ2v) is 5.62. The second-order valence-electron chi connectivity index (χ2n) is 5.62. The van der Waals surface area contributed by atoms with E-state index in [4.69, 9.17) is 11.5 Å². The molecule has 5 N–H and O–H groups in total. The first-order valence-electron chi connectivity index (χ1n) is 7.29. The maximum atomic E-state index is 12.4. The van der Waals surface area contributed by atoms with Gasteiger partial charge in [0.2, 0.25) is 11.8 Å². The zero-order valence-electron chi connectivity index (χ0n) is 12.1. The summed E-state index contributed by atoms with van der Waals surface area (Å²) in [7, 11) is 0. The van der Waals surface area contributed by atoms with Gasteiger partial charge in [-0.15, -0.1) is 0 Å². The topological polar surface area (TPSA) is 98.2 Å². The number of nitrogens with two attached hydrogens (primary N) is 2. The molecule has 0 aliphatic heterocycles. The van der Waals surface area contributed by atoms with Crippen LogP contribution in [0.15, 0.2) is 0 Å². The Bertz CT molecular complexity index is 310. The predicted octanol–water partition coefficient (Wildman–Crippen LogP) is 0.912. The number of primary amides is 1. The van der Waals surface area contributed by atoms with Gasteiger partial charge in [-0.25, -0.2) is 0 Å². The van der Waals surface area contributed by atoms with Crippen molar-refractivity contribution in [3.8, 4) is 0 Å². The molecule has 0 heterocycles. The van der Waals surface area contributed by atoms with Gasteiger partial charge in [-0.1, -0.05) is 13.8 Å². The van der Waals surface area contributed by atoms with Crippen LogP contribution in [0.25, 0.3) is 0 Å². The highest BCUT2D eigenvalue weighted by atomic mass is 16.2. The van der Waals surface area contributed by atoms with Gasteiger partial charge in [-0.2, -0.15) is 0 Å². The van der Waals surface area contributed by atoms with Crippen LogP contribution in [-0.4, -0.2) is 24.4 Å². The van der Waals surface area contributed by atoms with E-state index < -0.39 is 5.41 Å². The number of rotatable bonds is 6. The van der Waals surface area contributed by atoms with Crippen molar-refractivity contribution in [3.05, 3.63) is 0 Å². The summed E-state index contributed by atoms with van der Waals surface area (Å²) in [6.45, 7) is 4.38. The molecule has 5 heteroatoms. The van der Waals surface area contributed by atoms with Gasteiger partial charge in [0.25, 0.3) is 0 Å². The van der Waals surface area contributed by atoms with Crippen LogP contribution in [0.2, 0.25) is 0 Å². The van der Waals surface area contributed by atoms with Gasteiger partial charge < -0.3 is 16.8 Å². The van der Waals surface area contributed by atoms with Crippen LogP contribution in [0.4, 0.5) is 0 Å². The smallest absolute Gasteiger partial charge is 0.227 e. The third-order valence-electron chi connectivity index (χ3n) is 4.69. The van der Waals surface area contributed by atoms with Gasteiger partial charge in [0.1, 0.15) is 0 Å². The minimum atomic E-state index is -0.444. The third kappa shape index (κ3) is 3.69. The molecule has 0 saturated heterocycles. The third-order valence-corrected chi connectivity index (χ3v) is 4.69. The Balaban J connectivity index is 2.52. The van der Waals surface area contributed by atoms with Crippen LogP contribution in [0, 0.1) is 11.3 Å². The summed E-state index contributed by atoms with van der Waals surface area (Å²) in [5.41, 5.74) is 10.6. The maximum absolute atomic E-state index is 12.4. The predicted molar refractivity (Wildman–Crippen MR) is 75.2 cm³/mol. The van der Waals surface area contributed by atoms with Gasteiger partial charge in [0.15, 0.2) is 0 Å². The molecular weight excluding hydrogens is 242 g/mol. The van der Waals surface area contributed by atoms with E-state index in [1.54, 1.807) is 0 Å². The summed E-state index contributed by atoms with van der Waals surface area (Å²) >= 11 is 0. The summed E-state index contributed by atoms with van der Waals surface area (Å²) in [6.07, 6.45) is 4.70. The van der Waals surface area contributed by atoms with Crippen LogP contribution in [-0.2, 0) is 9.59 Å². The molecule has 19 heavy (non-hydrogen) atoms. The first kappa shape index (κ1) is 16.0. The van der Waals surface area contributed by atoms with E-state index in [-0.39, 0.29) is 23.8 Å². The quantitative estimate of drug-likeness (QED) is 0.668. The average molecular weight is 269 g/mol. The largest absolute Gasteiger partial charge is 0.369 e. The number of carbonyl (C=O) groups is 2. The summed E-state index contributed by atoms with van der Waals surface area (Å²) in [5.74, 6) is -0.185. The van der Waals surface area contributed by atoms with Crippen molar-refractivity contribution >= 4 is 11.8 Å². The van der Waals surface area contributed by atoms with Crippen LogP contribution in [0.1, 0.15) is 52.4 Å². The molecule has 0 spiro atoms. The second kappa shape index (κ2) is 6.89. The molecule has 110 valence electrons. The standard InChI is InChI=1S/C14H27N3O2/c1-3-14(4-2,9-15)13(19)17-11-7-5-10(6-8-11)12(16)18/h10-11H,3-9,15H2,1-2H3,(H2,16,18)(H,17,19). The molecule has 0 aromatic rings. The molecule has 1 fully saturated rings.